The zero-order valence-corrected chi connectivity index (χ0v) is 14.6. The summed E-state index contributed by atoms with van der Waals surface area (Å²) in [7, 11) is 0. The van der Waals surface area contributed by atoms with Crippen molar-refractivity contribution < 1.29 is 18.9 Å². The average molecular weight is 334 g/mol. The molecule has 0 aliphatic carbocycles. The van der Waals surface area contributed by atoms with Crippen LogP contribution in [0.1, 0.15) is 31.2 Å². The second kappa shape index (κ2) is 14.8. The number of hydrogen-bond acceptors (Lipinski definition) is 4. The molecule has 0 fully saturated rings. The van der Waals surface area contributed by atoms with E-state index in [-0.39, 0.29) is 0 Å². The predicted octanol–water partition coefficient (Wildman–Crippen LogP) is 4.43. The molecule has 4 heteroatoms. The van der Waals surface area contributed by atoms with Crippen LogP contribution in [-0.2, 0) is 18.9 Å². The van der Waals surface area contributed by atoms with Gasteiger partial charge in [-0.2, -0.15) is 0 Å². The van der Waals surface area contributed by atoms with E-state index in [2.05, 4.69) is 13.2 Å². The Labute approximate surface area is 146 Å². The first-order valence-corrected chi connectivity index (χ1v) is 8.59. The van der Waals surface area contributed by atoms with Crippen molar-refractivity contribution in [2.75, 3.05) is 39.6 Å². The molecule has 24 heavy (non-hydrogen) atoms. The summed E-state index contributed by atoms with van der Waals surface area (Å²) in [5, 5.41) is 0. The van der Waals surface area contributed by atoms with E-state index >= 15 is 0 Å². The van der Waals surface area contributed by atoms with Crippen LogP contribution in [0.4, 0.5) is 0 Å². The van der Waals surface area contributed by atoms with Gasteiger partial charge < -0.3 is 18.9 Å². The summed E-state index contributed by atoms with van der Waals surface area (Å²) < 4.78 is 21.7. The van der Waals surface area contributed by atoms with Gasteiger partial charge in [0.15, 0.2) is 0 Å². The molecule has 1 rings (SSSR count). The lowest BCUT2D eigenvalue weighted by Gasteiger charge is -2.09. The lowest BCUT2D eigenvalue weighted by molar-refractivity contribution is 0.0427. The standard InChI is InChI=1S/C20H30O4/c1-3-21-13-7-8-14-22-17-18-23-15-9-10-16-24-19(2)20-11-5-4-6-12-20/h3-6,11-12H,1-2,7-10,13-18H2. The summed E-state index contributed by atoms with van der Waals surface area (Å²) >= 11 is 0. The smallest absolute Gasteiger partial charge is 0.119 e. The van der Waals surface area contributed by atoms with Crippen molar-refractivity contribution in [2.45, 2.75) is 25.7 Å². The number of ether oxygens (including phenoxy) is 4. The van der Waals surface area contributed by atoms with Crippen LogP contribution in [0.2, 0.25) is 0 Å². The van der Waals surface area contributed by atoms with Crippen LogP contribution in [0.3, 0.4) is 0 Å². The quantitative estimate of drug-likeness (QED) is 0.331. The Hall–Kier alpha value is -1.78. The van der Waals surface area contributed by atoms with Crippen molar-refractivity contribution in [3.8, 4) is 0 Å². The summed E-state index contributed by atoms with van der Waals surface area (Å²) in [4.78, 5) is 0. The number of unbranched alkanes of at least 4 members (excludes halogenated alkanes) is 2. The van der Waals surface area contributed by atoms with Gasteiger partial charge in [0.05, 0.1) is 32.7 Å². The average Bonchev–Trinajstić information content (AvgIpc) is 2.62. The van der Waals surface area contributed by atoms with E-state index < -0.39 is 0 Å². The molecule has 0 bridgehead atoms. The van der Waals surface area contributed by atoms with E-state index in [1.54, 1.807) is 0 Å². The van der Waals surface area contributed by atoms with Crippen LogP contribution in [0, 0.1) is 0 Å². The van der Waals surface area contributed by atoms with Gasteiger partial charge in [0.25, 0.3) is 0 Å². The third-order valence-electron chi connectivity index (χ3n) is 3.35. The summed E-state index contributed by atoms with van der Waals surface area (Å²) in [5.41, 5.74) is 1.03. The minimum atomic E-state index is 0.640. The summed E-state index contributed by atoms with van der Waals surface area (Å²) in [5.74, 6) is 0.725. The second-order valence-electron chi connectivity index (χ2n) is 5.31. The van der Waals surface area contributed by atoms with Gasteiger partial charge in [-0.05, 0) is 25.7 Å². The van der Waals surface area contributed by atoms with Crippen molar-refractivity contribution >= 4 is 5.76 Å². The van der Waals surface area contributed by atoms with Crippen LogP contribution in [0.5, 0.6) is 0 Å². The van der Waals surface area contributed by atoms with E-state index in [0.717, 1.165) is 50.2 Å². The fourth-order valence-electron chi connectivity index (χ4n) is 2.00. The molecular weight excluding hydrogens is 304 g/mol. The van der Waals surface area contributed by atoms with Crippen molar-refractivity contribution in [3.63, 3.8) is 0 Å². The van der Waals surface area contributed by atoms with Gasteiger partial charge in [0.1, 0.15) is 5.76 Å². The fourth-order valence-corrected chi connectivity index (χ4v) is 2.00. The Morgan fingerprint density at radius 2 is 1.38 bits per heavy atom. The minimum Gasteiger partial charge on any atom is -0.502 e. The van der Waals surface area contributed by atoms with Gasteiger partial charge in [-0.3, -0.25) is 0 Å². The fraction of sp³-hybridized carbons (Fsp3) is 0.500. The Balaban J connectivity index is 1.81. The summed E-state index contributed by atoms with van der Waals surface area (Å²) in [6.07, 6.45) is 5.38. The zero-order valence-electron chi connectivity index (χ0n) is 14.6. The van der Waals surface area contributed by atoms with Crippen molar-refractivity contribution in [1.29, 1.82) is 0 Å². The Morgan fingerprint density at radius 3 is 2.00 bits per heavy atom. The number of benzene rings is 1. The van der Waals surface area contributed by atoms with Gasteiger partial charge in [-0.1, -0.05) is 43.5 Å². The molecule has 0 atom stereocenters. The van der Waals surface area contributed by atoms with E-state index in [9.17, 15) is 0 Å². The molecule has 0 N–H and O–H groups in total. The van der Waals surface area contributed by atoms with Crippen molar-refractivity contribution in [2.24, 2.45) is 0 Å². The molecule has 0 saturated heterocycles. The van der Waals surface area contributed by atoms with Gasteiger partial charge in [-0.25, -0.2) is 0 Å². The molecule has 1 aromatic rings. The molecule has 4 nitrogen and oxygen atoms in total. The van der Waals surface area contributed by atoms with Gasteiger partial charge in [-0.15, -0.1) is 0 Å². The van der Waals surface area contributed by atoms with E-state index in [1.807, 2.05) is 30.3 Å². The summed E-state index contributed by atoms with van der Waals surface area (Å²) in [6, 6.07) is 9.94. The number of hydrogen-bond donors (Lipinski definition) is 0. The molecular formula is C20H30O4. The first-order valence-electron chi connectivity index (χ1n) is 8.59. The predicted molar refractivity (Wildman–Crippen MR) is 97.7 cm³/mol. The topological polar surface area (TPSA) is 36.9 Å². The maximum atomic E-state index is 5.64. The Bertz CT molecular complexity index is 431. The van der Waals surface area contributed by atoms with Gasteiger partial charge >= 0.3 is 0 Å². The maximum Gasteiger partial charge on any atom is 0.119 e. The lowest BCUT2D eigenvalue weighted by Crippen LogP contribution is -2.07. The first kappa shape index (κ1) is 20.3. The third-order valence-corrected chi connectivity index (χ3v) is 3.35. The minimum absolute atomic E-state index is 0.640. The van der Waals surface area contributed by atoms with Crippen LogP contribution < -0.4 is 0 Å². The molecule has 0 aromatic heterocycles. The SMILES string of the molecule is C=COCCCCOCCOCCCCOC(=C)c1ccccc1. The molecule has 0 heterocycles. The molecule has 0 unspecified atom stereocenters. The highest BCUT2D eigenvalue weighted by Gasteiger charge is 1.98. The van der Waals surface area contributed by atoms with Crippen LogP contribution in [-0.4, -0.2) is 39.6 Å². The van der Waals surface area contributed by atoms with Crippen molar-refractivity contribution in [3.05, 3.63) is 55.3 Å². The second-order valence-corrected chi connectivity index (χ2v) is 5.31. The highest BCUT2D eigenvalue weighted by Crippen LogP contribution is 2.13. The van der Waals surface area contributed by atoms with Gasteiger partial charge in [0, 0.05) is 18.8 Å². The van der Waals surface area contributed by atoms with Crippen molar-refractivity contribution in [1.82, 2.24) is 0 Å². The molecule has 1 aromatic carbocycles. The monoisotopic (exact) mass is 334 g/mol. The van der Waals surface area contributed by atoms with E-state index in [0.29, 0.717) is 26.4 Å². The largest absolute Gasteiger partial charge is 0.502 e. The summed E-state index contributed by atoms with van der Waals surface area (Å²) in [6.45, 7) is 11.6. The number of rotatable bonds is 16. The molecule has 0 saturated carbocycles. The molecule has 0 amide bonds. The van der Waals surface area contributed by atoms with Crippen LogP contribution >= 0.6 is 0 Å². The van der Waals surface area contributed by atoms with Crippen LogP contribution in [0.25, 0.3) is 5.76 Å². The third kappa shape index (κ3) is 10.9. The molecule has 134 valence electrons. The molecule has 0 spiro atoms. The van der Waals surface area contributed by atoms with E-state index in [1.165, 1.54) is 6.26 Å². The molecule has 0 aliphatic rings. The van der Waals surface area contributed by atoms with Gasteiger partial charge in [0.2, 0.25) is 0 Å². The highest BCUT2D eigenvalue weighted by atomic mass is 16.5. The molecule has 0 radical (unpaired) electrons. The Morgan fingerprint density at radius 1 is 0.792 bits per heavy atom. The zero-order chi connectivity index (χ0) is 17.3. The van der Waals surface area contributed by atoms with E-state index in [4.69, 9.17) is 18.9 Å². The first-order chi connectivity index (χ1) is 11.8. The highest BCUT2D eigenvalue weighted by molar-refractivity contribution is 5.56. The Kier molecular flexibility index (Phi) is 12.5. The maximum absolute atomic E-state index is 5.64. The lowest BCUT2D eigenvalue weighted by atomic mass is 10.2. The molecule has 0 aliphatic heterocycles. The van der Waals surface area contributed by atoms with Crippen LogP contribution in [0.15, 0.2) is 49.8 Å². The normalized spacial score (nSPS) is 10.3.